The first-order valence-electron chi connectivity index (χ1n) is 7.49. The highest BCUT2D eigenvalue weighted by Crippen LogP contribution is 2.49. The van der Waals surface area contributed by atoms with Crippen molar-refractivity contribution in [2.24, 2.45) is 0 Å². The minimum Gasteiger partial charge on any atom is -0.455 e. The van der Waals surface area contributed by atoms with Gasteiger partial charge in [-0.1, -0.05) is 35.9 Å². The zero-order chi connectivity index (χ0) is 17.2. The highest BCUT2D eigenvalue weighted by Gasteiger charge is 2.52. The number of carbonyl (C=O) groups excluding carboxylic acids is 2. The number of hydrogen-bond acceptors (Lipinski definition) is 3. The molecule has 0 unspecified atom stereocenters. The lowest BCUT2D eigenvalue weighted by molar-refractivity contribution is -0.150. The quantitative estimate of drug-likeness (QED) is 0.750. The standard InChI is InChI=1S/C18H15BrClNO3/c19-14-3-1-2-4-15(14)21-16(22)11-24-17(23)18(9-10-18)12-5-7-13(20)8-6-12/h1-8H,9-11H2,(H,21,22). The molecule has 0 atom stereocenters. The van der Waals surface area contributed by atoms with Crippen LogP contribution in [0, 0.1) is 0 Å². The van der Waals surface area contributed by atoms with E-state index in [0.717, 1.165) is 22.9 Å². The first-order valence-corrected chi connectivity index (χ1v) is 8.66. The second-order valence-electron chi connectivity index (χ2n) is 5.69. The molecule has 0 saturated heterocycles. The van der Waals surface area contributed by atoms with Crippen molar-refractivity contribution in [3.8, 4) is 0 Å². The first-order chi connectivity index (χ1) is 11.5. The number of amides is 1. The van der Waals surface area contributed by atoms with E-state index in [1.165, 1.54) is 0 Å². The molecule has 1 fully saturated rings. The van der Waals surface area contributed by atoms with Crippen molar-refractivity contribution in [2.75, 3.05) is 11.9 Å². The number of anilines is 1. The van der Waals surface area contributed by atoms with E-state index in [1.54, 1.807) is 18.2 Å². The van der Waals surface area contributed by atoms with Crippen LogP contribution in [-0.2, 0) is 19.7 Å². The summed E-state index contributed by atoms with van der Waals surface area (Å²) in [5.74, 6) is -0.741. The Morgan fingerprint density at radius 2 is 1.79 bits per heavy atom. The van der Waals surface area contributed by atoms with Crippen molar-refractivity contribution < 1.29 is 14.3 Å². The summed E-state index contributed by atoms with van der Waals surface area (Å²) < 4.78 is 6.00. The van der Waals surface area contributed by atoms with Gasteiger partial charge in [0, 0.05) is 9.50 Å². The Hall–Kier alpha value is -1.85. The van der Waals surface area contributed by atoms with E-state index < -0.39 is 5.41 Å². The van der Waals surface area contributed by atoms with Gasteiger partial charge in [0.2, 0.25) is 0 Å². The van der Waals surface area contributed by atoms with Gasteiger partial charge >= 0.3 is 5.97 Å². The first kappa shape index (κ1) is 17.0. The number of rotatable bonds is 5. The van der Waals surface area contributed by atoms with Crippen LogP contribution in [0.3, 0.4) is 0 Å². The summed E-state index contributed by atoms with van der Waals surface area (Å²) in [4.78, 5) is 24.4. The van der Waals surface area contributed by atoms with Gasteiger partial charge in [0.15, 0.2) is 6.61 Å². The predicted molar refractivity (Wildman–Crippen MR) is 96.1 cm³/mol. The molecule has 1 aliphatic rings. The number of hydrogen-bond donors (Lipinski definition) is 1. The Balaban J connectivity index is 1.58. The SMILES string of the molecule is O=C(COC(=O)C1(c2ccc(Cl)cc2)CC1)Nc1ccccc1Br. The Kier molecular flexibility index (Phi) is 4.92. The molecule has 4 nitrogen and oxygen atoms in total. The number of ether oxygens (including phenoxy) is 1. The number of halogens is 2. The molecule has 2 aromatic rings. The van der Waals surface area contributed by atoms with E-state index in [9.17, 15) is 9.59 Å². The zero-order valence-corrected chi connectivity index (χ0v) is 15.1. The topological polar surface area (TPSA) is 55.4 Å². The molecule has 6 heteroatoms. The smallest absolute Gasteiger partial charge is 0.317 e. The third-order valence-corrected chi connectivity index (χ3v) is 4.96. The van der Waals surface area contributed by atoms with Crippen molar-refractivity contribution in [1.82, 2.24) is 0 Å². The molecule has 0 aliphatic heterocycles. The Labute approximate surface area is 153 Å². The molecule has 0 aromatic heterocycles. The van der Waals surface area contributed by atoms with Crippen LogP contribution in [0.2, 0.25) is 5.02 Å². The Bertz CT molecular complexity index is 772. The van der Waals surface area contributed by atoms with Crippen molar-refractivity contribution in [3.05, 3.63) is 63.6 Å². The summed E-state index contributed by atoms with van der Waals surface area (Å²) in [5.41, 5.74) is 0.888. The van der Waals surface area contributed by atoms with Crippen molar-refractivity contribution in [2.45, 2.75) is 18.3 Å². The van der Waals surface area contributed by atoms with Crippen LogP contribution in [0.25, 0.3) is 0 Å². The highest BCUT2D eigenvalue weighted by molar-refractivity contribution is 9.10. The monoisotopic (exact) mass is 407 g/mol. The molecular formula is C18H15BrClNO3. The van der Waals surface area contributed by atoms with Crippen LogP contribution in [0.15, 0.2) is 53.0 Å². The van der Waals surface area contributed by atoms with Gasteiger partial charge < -0.3 is 10.1 Å². The normalized spacial score (nSPS) is 14.8. The minimum absolute atomic E-state index is 0.310. The van der Waals surface area contributed by atoms with Gasteiger partial charge in [0.05, 0.1) is 11.1 Å². The maximum Gasteiger partial charge on any atom is 0.317 e. The summed E-state index contributed by atoms with van der Waals surface area (Å²) >= 11 is 9.23. The summed E-state index contributed by atoms with van der Waals surface area (Å²) in [6, 6.07) is 14.4. The van der Waals surface area contributed by atoms with Crippen LogP contribution < -0.4 is 5.32 Å². The third kappa shape index (κ3) is 3.62. The number of benzene rings is 2. The highest BCUT2D eigenvalue weighted by atomic mass is 79.9. The van der Waals surface area contributed by atoms with E-state index >= 15 is 0 Å². The van der Waals surface area contributed by atoms with E-state index in [1.807, 2.05) is 30.3 Å². The lowest BCUT2D eigenvalue weighted by Crippen LogP contribution is -2.28. The van der Waals surface area contributed by atoms with Crippen molar-refractivity contribution >= 4 is 45.1 Å². The van der Waals surface area contributed by atoms with Crippen LogP contribution in [0.4, 0.5) is 5.69 Å². The zero-order valence-electron chi connectivity index (χ0n) is 12.7. The molecule has 0 radical (unpaired) electrons. The van der Waals surface area contributed by atoms with E-state index in [4.69, 9.17) is 16.3 Å². The molecule has 2 aromatic carbocycles. The molecule has 3 rings (SSSR count). The number of esters is 1. The lowest BCUT2D eigenvalue weighted by atomic mass is 9.96. The van der Waals surface area contributed by atoms with Gasteiger partial charge in [-0.15, -0.1) is 0 Å². The molecule has 1 amide bonds. The van der Waals surface area contributed by atoms with Crippen molar-refractivity contribution in [3.63, 3.8) is 0 Å². The fourth-order valence-corrected chi connectivity index (χ4v) is 3.03. The number of para-hydroxylation sites is 1. The average molecular weight is 409 g/mol. The van der Waals surface area contributed by atoms with Gasteiger partial charge in [-0.3, -0.25) is 9.59 Å². The fourth-order valence-electron chi connectivity index (χ4n) is 2.52. The summed E-state index contributed by atoms with van der Waals surface area (Å²) in [5, 5.41) is 3.33. The second-order valence-corrected chi connectivity index (χ2v) is 6.98. The fraction of sp³-hybridized carbons (Fsp3) is 0.222. The molecule has 1 saturated carbocycles. The molecule has 24 heavy (non-hydrogen) atoms. The molecule has 0 spiro atoms. The van der Waals surface area contributed by atoms with Crippen LogP contribution in [-0.4, -0.2) is 18.5 Å². The van der Waals surface area contributed by atoms with Gasteiger partial charge in [0.1, 0.15) is 0 Å². The number of nitrogens with one attached hydrogen (secondary N) is 1. The van der Waals surface area contributed by atoms with E-state index in [-0.39, 0.29) is 18.5 Å². The predicted octanol–water partition coefficient (Wildman–Crippen LogP) is 4.32. The third-order valence-electron chi connectivity index (χ3n) is 4.02. The Morgan fingerprint density at radius 1 is 1.12 bits per heavy atom. The van der Waals surface area contributed by atoms with Crippen molar-refractivity contribution in [1.29, 1.82) is 0 Å². The second kappa shape index (κ2) is 6.95. The van der Waals surface area contributed by atoms with Crippen LogP contribution >= 0.6 is 27.5 Å². The number of carbonyl (C=O) groups is 2. The lowest BCUT2D eigenvalue weighted by Gasteiger charge is -2.15. The average Bonchev–Trinajstić information content (AvgIpc) is 3.37. The molecule has 1 N–H and O–H groups in total. The molecule has 0 heterocycles. The summed E-state index contributed by atoms with van der Waals surface area (Å²) in [6.45, 7) is -0.310. The summed E-state index contributed by atoms with van der Waals surface area (Å²) in [7, 11) is 0. The molecular weight excluding hydrogens is 394 g/mol. The van der Waals surface area contributed by atoms with Crippen LogP contribution in [0.5, 0.6) is 0 Å². The Morgan fingerprint density at radius 3 is 2.42 bits per heavy atom. The van der Waals surface area contributed by atoms with E-state index in [2.05, 4.69) is 21.2 Å². The minimum atomic E-state index is -0.627. The maximum absolute atomic E-state index is 12.4. The summed E-state index contributed by atoms with van der Waals surface area (Å²) in [6.07, 6.45) is 1.44. The molecule has 0 bridgehead atoms. The van der Waals surface area contributed by atoms with Crippen LogP contribution in [0.1, 0.15) is 18.4 Å². The van der Waals surface area contributed by atoms with Gasteiger partial charge in [-0.05, 0) is 58.6 Å². The largest absolute Gasteiger partial charge is 0.455 e. The van der Waals surface area contributed by atoms with Gasteiger partial charge in [-0.2, -0.15) is 0 Å². The molecule has 1 aliphatic carbocycles. The maximum atomic E-state index is 12.4. The van der Waals surface area contributed by atoms with Gasteiger partial charge in [-0.25, -0.2) is 0 Å². The van der Waals surface area contributed by atoms with Gasteiger partial charge in [0.25, 0.3) is 5.91 Å². The van der Waals surface area contributed by atoms with E-state index in [0.29, 0.717) is 10.7 Å². The molecule has 124 valence electrons.